The van der Waals surface area contributed by atoms with E-state index in [1.807, 2.05) is 4.90 Å². The second-order valence-electron chi connectivity index (χ2n) is 6.61. The zero-order chi connectivity index (χ0) is 14.0. The van der Waals surface area contributed by atoms with Gasteiger partial charge in [0.15, 0.2) is 0 Å². The van der Waals surface area contributed by atoms with Gasteiger partial charge in [-0.25, -0.2) is 0 Å². The van der Waals surface area contributed by atoms with Gasteiger partial charge in [-0.15, -0.1) is 5.73 Å². The molecule has 19 heavy (non-hydrogen) atoms. The molecule has 0 aromatic heterocycles. The van der Waals surface area contributed by atoms with E-state index in [2.05, 4.69) is 38.3 Å². The van der Waals surface area contributed by atoms with Gasteiger partial charge in [-0.2, -0.15) is 0 Å². The topological polar surface area (TPSA) is 23.6 Å². The van der Waals surface area contributed by atoms with Crippen LogP contribution in [0.5, 0.6) is 0 Å². The lowest BCUT2D eigenvalue weighted by atomic mass is 10.1. The third-order valence-corrected chi connectivity index (χ3v) is 4.43. The summed E-state index contributed by atoms with van der Waals surface area (Å²) in [4.78, 5) is 15.2. The van der Waals surface area contributed by atoms with E-state index in [9.17, 15) is 4.79 Å². The van der Waals surface area contributed by atoms with Crippen LogP contribution >= 0.6 is 0 Å². The monoisotopic (exact) mass is 262 g/mol. The predicted octanol–water partition coefficient (Wildman–Crippen LogP) is 2.30. The van der Waals surface area contributed by atoms with Crippen molar-refractivity contribution in [1.82, 2.24) is 9.80 Å². The van der Waals surface area contributed by atoms with Crippen LogP contribution in [0.25, 0.3) is 0 Å². The van der Waals surface area contributed by atoms with Crippen molar-refractivity contribution >= 4 is 6.41 Å². The van der Waals surface area contributed by atoms with Crippen LogP contribution in [-0.4, -0.2) is 48.9 Å². The molecule has 0 N–H and O–H groups in total. The van der Waals surface area contributed by atoms with Crippen molar-refractivity contribution in [2.24, 2.45) is 11.3 Å². The third kappa shape index (κ3) is 3.29. The van der Waals surface area contributed by atoms with Gasteiger partial charge in [0.05, 0.1) is 0 Å². The summed E-state index contributed by atoms with van der Waals surface area (Å²) in [7, 11) is 0. The zero-order valence-electron chi connectivity index (χ0n) is 12.7. The lowest BCUT2D eigenvalue weighted by Gasteiger charge is -2.20. The fourth-order valence-corrected chi connectivity index (χ4v) is 3.01. The largest absolute Gasteiger partial charge is 0.344 e. The highest BCUT2D eigenvalue weighted by Crippen LogP contribution is 2.57. The van der Waals surface area contributed by atoms with Crippen LogP contribution in [0.2, 0.25) is 0 Å². The van der Waals surface area contributed by atoms with Gasteiger partial charge in [0.1, 0.15) is 0 Å². The van der Waals surface area contributed by atoms with E-state index in [0.29, 0.717) is 11.3 Å². The summed E-state index contributed by atoms with van der Waals surface area (Å²) < 4.78 is 0. The molecular formula is C16H26N2O. The first-order chi connectivity index (χ1) is 8.95. The Morgan fingerprint density at radius 1 is 1.32 bits per heavy atom. The zero-order valence-corrected chi connectivity index (χ0v) is 12.7. The minimum absolute atomic E-state index is 0.313. The van der Waals surface area contributed by atoms with E-state index in [0.717, 1.165) is 45.6 Å². The van der Waals surface area contributed by atoms with Gasteiger partial charge in [-0.3, -0.25) is 4.79 Å². The van der Waals surface area contributed by atoms with E-state index in [1.165, 1.54) is 11.1 Å². The Balaban J connectivity index is 1.96. The maximum atomic E-state index is 10.8. The van der Waals surface area contributed by atoms with Crippen molar-refractivity contribution < 1.29 is 4.79 Å². The van der Waals surface area contributed by atoms with Crippen molar-refractivity contribution in [2.45, 2.75) is 34.1 Å². The number of rotatable bonds is 3. The molecule has 0 bridgehead atoms. The average molecular weight is 262 g/mol. The number of amides is 1. The Labute approximate surface area is 117 Å². The van der Waals surface area contributed by atoms with E-state index < -0.39 is 0 Å². The summed E-state index contributed by atoms with van der Waals surface area (Å²) in [6.07, 6.45) is 2.08. The Hall–Kier alpha value is -1.05. The van der Waals surface area contributed by atoms with Gasteiger partial charge >= 0.3 is 0 Å². The normalized spacial score (nSPS) is 26.6. The van der Waals surface area contributed by atoms with Gasteiger partial charge in [0, 0.05) is 37.5 Å². The molecule has 3 nitrogen and oxygen atoms in total. The summed E-state index contributed by atoms with van der Waals surface area (Å²) in [5.41, 5.74) is 6.58. The highest BCUT2D eigenvalue weighted by Gasteiger charge is 2.52. The van der Waals surface area contributed by atoms with Gasteiger partial charge in [0.25, 0.3) is 0 Å². The van der Waals surface area contributed by atoms with Gasteiger partial charge in [-0.1, -0.05) is 13.8 Å². The van der Waals surface area contributed by atoms with Crippen LogP contribution in [-0.2, 0) is 4.79 Å². The molecule has 1 atom stereocenters. The van der Waals surface area contributed by atoms with E-state index in [-0.39, 0.29) is 0 Å². The quantitative estimate of drug-likeness (QED) is 0.575. The molecule has 1 heterocycles. The molecule has 2 rings (SSSR count). The van der Waals surface area contributed by atoms with Crippen LogP contribution < -0.4 is 0 Å². The molecule has 0 spiro atoms. The minimum atomic E-state index is 0.313. The first-order valence-corrected chi connectivity index (χ1v) is 7.31. The number of carbonyl (C=O) groups excluding carboxylic acids is 1. The molecule has 0 aromatic rings. The molecule has 2 fully saturated rings. The molecule has 1 aliphatic heterocycles. The number of hydrogen-bond acceptors (Lipinski definition) is 2. The molecule has 1 saturated heterocycles. The van der Waals surface area contributed by atoms with Crippen LogP contribution in [0, 0.1) is 11.3 Å². The Morgan fingerprint density at radius 2 is 2.05 bits per heavy atom. The van der Waals surface area contributed by atoms with Crippen LogP contribution in [0.3, 0.4) is 0 Å². The molecule has 2 aliphatic rings. The second-order valence-corrected chi connectivity index (χ2v) is 6.61. The lowest BCUT2D eigenvalue weighted by molar-refractivity contribution is -0.118. The summed E-state index contributed by atoms with van der Waals surface area (Å²) in [5, 5.41) is 0. The van der Waals surface area contributed by atoms with Crippen LogP contribution in [0.4, 0.5) is 0 Å². The predicted molar refractivity (Wildman–Crippen MR) is 77.9 cm³/mol. The molecule has 106 valence electrons. The Bertz CT molecular complexity index is 414. The van der Waals surface area contributed by atoms with Crippen molar-refractivity contribution in [1.29, 1.82) is 0 Å². The lowest BCUT2D eigenvalue weighted by Crippen LogP contribution is -2.32. The van der Waals surface area contributed by atoms with Crippen LogP contribution in [0.1, 0.15) is 34.1 Å². The van der Waals surface area contributed by atoms with E-state index >= 15 is 0 Å². The fraction of sp³-hybridized carbons (Fsp3) is 0.750. The summed E-state index contributed by atoms with van der Waals surface area (Å²) >= 11 is 0. The standard InChI is InChI=1S/C16H26N2O/c1-13(2)10-14-15(16(14,3)4)11-17-6-5-7-18(12-19)9-8-17/h12,15H,5-9,11H2,1-4H3. The molecule has 1 aliphatic carbocycles. The van der Waals surface area contributed by atoms with Gasteiger partial charge in [-0.05, 0) is 38.0 Å². The molecule has 1 amide bonds. The smallest absolute Gasteiger partial charge is 0.209 e. The Morgan fingerprint density at radius 3 is 2.68 bits per heavy atom. The molecular weight excluding hydrogens is 236 g/mol. The summed E-state index contributed by atoms with van der Waals surface area (Å²) in [6.45, 7) is 13.9. The van der Waals surface area contributed by atoms with Crippen molar-refractivity contribution in [3.05, 3.63) is 16.9 Å². The molecule has 1 saturated carbocycles. The summed E-state index contributed by atoms with van der Waals surface area (Å²) in [5.74, 6) is 0.644. The number of hydrogen-bond donors (Lipinski definition) is 0. The second kappa shape index (κ2) is 5.52. The molecule has 0 aromatic carbocycles. The van der Waals surface area contributed by atoms with Gasteiger partial charge in [0.2, 0.25) is 6.41 Å². The van der Waals surface area contributed by atoms with Crippen molar-refractivity contribution in [2.75, 3.05) is 32.7 Å². The van der Waals surface area contributed by atoms with Crippen molar-refractivity contribution in [3.63, 3.8) is 0 Å². The van der Waals surface area contributed by atoms with Crippen LogP contribution in [0.15, 0.2) is 16.9 Å². The number of carbonyl (C=O) groups is 1. The third-order valence-electron chi connectivity index (χ3n) is 4.43. The van der Waals surface area contributed by atoms with E-state index in [1.54, 1.807) is 0 Å². The summed E-state index contributed by atoms with van der Waals surface area (Å²) in [6, 6.07) is 0. The van der Waals surface area contributed by atoms with Crippen molar-refractivity contribution in [3.8, 4) is 0 Å². The maximum absolute atomic E-state index is 10.8. The first kappa shape index (κ1) is 14.4. The average Bonchev–Trinajstić information content (AvgIpc) is 2.93. The van der Waals surface area contributed by atoms with E-state index in [4.69, 9.17) is 0 Å². The number of nitrogens with zero attached hydrogens (tertiary/aromatic N) is 2. The highest BCUT2D eigenvalue weighted by atomic mass is 16.1. The fourth-order valence-electron chi connectivity index (χ4n) is 3.01. The molecule has 1 unspecified atom stereocenters. The molecule has 0 radical (unpaired) electrons. The van der Waals surface area contributed by atoms with Gasteiger partial charge < -0.3 is 9.80 Å². The highest BCUT2D eigenvalue weighted by molar-refractivity contribution is 5.47. The minimum Gasteiger partial charge on any atom is -0.344 e. The first-order valence-electron chi connectivity index (χ1n) is 7.31. The SMILES string of the molecule is CC(C)=C=C1C(CN2CCCN(C=O)CC2)C1(C)C. The molecule has 3 heteroatoms. The maximum Gasteiger partial charge on any atom is 0.209 e. The Kier molecular flexibility index (Phi) is 4.17.